The molecule has 0 amide bonds. The maximum atomic E-state index is 12.4. The number of hydrogen-bond acceptors (Lipinski definition) is 3. The van der Waals surface area contributed by atoms with E-state index in [0.29, 0.717) is 24.8 Å². The third-order valence-electron chi connectivity index (χ3n) is 4.51. The lowest BCUT2D eigenvalue weighted by atomic mass is 9.80. The molecule has 4 nitrogen and oxygen atoms in total. The van der Waals surface area contributed by atoms with Crippen molar-refractivity contribution in [3.8, 4) is 0 Å². The van der Waals surface area contributed by atoms with Crippen LogP contribution in [0.1, 0.15) is 38.5 Å². The highest BCUT2D eigenvalue weighted by Gasteiger charge is 2.39. The molecular weight excluding hydrogens is 286 g/mol. The summed E-state index contributed by atoms with van der Waals surface area (Å²) in [5.74, 6) is -0.756. The van der Waals surface area contributed by atoms with Gasteiger partial charge < -0.3 is 5.11 Å². The highest BCUT2D eigenvalue weighted by molar-refractivity contribution is 7.13. The number of hydrogen-bond donors (Lipinski definition) is 1. The van der Waals surface area contributed by atoms with Crippen LogP contribution >= 0.6 is 11.5 Å². The van der Waals surface area contributed by atoms with E-state index < -0.39 is 11.4 Å². The van der Waals surface area contributed by atoms with Crippen molar-refractivity contribution in [2.75, 3.05) is 0 Å². The molecule has 1 saturated carbocycles. The third kappa shape index (κ3) is 2.62. The summed E-state index contributed by atoms with van der Waals surface area (Å²) in [4.78, 5) is 24.3. The van der Waals surface area contributed by atoms with E-state index in [1.807, 2.05) is 24.3 Å². The van der Waals surface area contributed by atoms with Crippen LogP contribution in [0.15, 0.2) is 29.1 Å². The van der Waals surface area contributed by atoms with Crippen molar-refractivity contribution in [3.63, 3.8) is 0 Å². The molecule has 0 bridgehead atoms. The highest BCUT2D eigenvalue weighted by atomic mass is 32.1. The van der Waals surface area contributed by atoms with Crippen LogP contribution in [0.3, 0.4) is 0 Å². The Bertz CT molecular complexity index is 708. The predicted octanol–water partition coefficient (Wildman–Crippen LogP) is 3.49. The number of aliphatic carboxylic acids is 1. The van der Waals surface area contributed by atoms with Gasteiger partial charge in [0.2, 0.25) is 0 Å². The van der Waals surface area contributed by atoms with Gasteiger partial charge in [0.1, 0.15) is 0 Å². The second-order valence-corrected chi connectivity index (χ2v) is 6.99. The number of fused-ring (bicyclic) bond motifs is 1. The molecule has 1 aliphatic rings. The fraction of sp³-hybridized carbons (Fsp3) is 0.500. The molecule has 1 aromatic carbocycles. The van der Waals surface area contributed by atoms with Gasteiger partial charge in [-0.3, -0.25) is 13.5 Å². The smallest absolute Gasteiger partial charge is 0.311 e. The molecule has 1 aliphatic carbocycles. The average Bonchev–Trinajstić information content (AvgIpc) is 2.66. The number of rotatable bonds is 3. The summed E-state index contributed by atoms with van der Waals surface area (Å²) < 4.78 is 2.57. The predicted molar refractivity (Wildman–Crippen MR) is 83.9 cm³/mol. The van der Waals surface area contributed by atoms with Gasteiger partial charge in [-0.05, 0) is 25.0 Å². The Kier molecular flexibility index (Phi) is 3.85. The molecule has 0 saturated heterocycles. The summed E-state index contributed by atoms with van der Waals surface area (Å²) in [7, 11) is 0. The summed E-state index contributed by atoms with van der Waals surface area (Å²) in [6.07, 6.45) is 5.40. The van der Waals surface area contributed by atoms with Crippen LogP contribution in [0.5, 0.6) is 0 Å². The lowest BCUT2D eigenvalue weighted by molar-refractivity contribution is -0.150. The summed E-state index contributed by atoms with van der Waals surface area (Å²) in [5, 5.41) is 10.4. The lowest BCUT2D eigenvalue weighted by Gasteiger charge is -2.27. The first-order valence-electron chi connectivity index (χ1n) is 7.45. The quantitative estimate of drug-likeness (QED) is 0.883. The third-order valence-corrected chi connectivity index (χ3v) is 5.58. The minimum atomic E-state index is -0.777. The zero-order chi connectivity index (χ0) is 14.9. The Morgan fingerprint density at radius 3 is 2.48 bits per heavy atom. The molecule has 1 fully saturated rings. The summed E-state index contributed by atoms with van der Waals surface area (Å²) >= 11 is 1.38. The van der Waals surface area contributed by atoms with E-state index >= 15 is 0 Å². The van der Waals surface area contributed by atoms with Crippen LogP contribution in [0, 0.1) is 5.41 Å². The fourth-order valence-corrected chi connectivity index (χ4v) is 4.36. The van der Waals surface area contributed by atoms with Crippen molar-refractivity contribution >= 4 is 27.6 Å². The number of carboxylic acid groups (broad SMARTS) is 1. The van der Waals surface area contributed by atoms with Crippen LogP contribution in [0.25, 0.3) is 10.1 Å². The van der Waals surface area contributed by atoms with E-state index in [0.717, 1.165) is 30.4 Å². The summed E-state index contributed by atoms with van der Waals surface area (Å²) in [5.41, 5.74) is -0.832. The molecule has 3 rings (SSSR count). The molecule has 112 valence electrons. The van der Waals surface area contributed by atoms with Gasteiger partial charge >= 0.3 is 5.97 Å². The van der Waals surface area contributed by atoms with Gasteiger partial charge in [0, 0.05) is 0 Å². The van der Waals surface area contributed by atoms with Crippen molar-refractivity contribution in [1.82, 2.24) is 3.96 Å². The van der Waals surface area contributed by atoms with E-state index in [4.69, 9.17) is 0 Å². The van der Waals surface area contributed by atoms with Crippen LogP contribution in [0.4, 0.5) is 0 Å². The number of carbonyl (C=O) groups is 1. The van der Waals surface area contributed by atoms with Crippen LogP contribution in [-0.2, 0) is 11.3 Å². The second kappa shape index (κ2) is 5.64. The highest BCUT2D eigenvalue weighted by Crippen LogP contribution is 2.37. The topological polar surface area (TPSA) is 59.3 Å². The normalized spacial score (nSPS) is 18.5. The van der Waals surface area contributed by atoms with Gasteiger partial charge in [-0.15, -0.1) is 0 Å². The Balaban J connectivity index is 2.00. The lowest BCUT2D eigenvalue weighted by Crippen LogP contribution is -2.37. The van der Waals surface area contributed by atoms with Crippen molar-refractivity contribution in [3.05, 3.63) is 34.6 Å². The molecule has 0 aliphatic heterocycles. The number of benzene rings is 1. The minimum absolute atomic E-state index is 0.0551. The van der Waals surface area contributed by atoms with E-state index in [1.54, 1.807) is 3.96 Å². The van der Waals surface area contributed by atoms with Crippen molar-refractivity contribution in [1.29, 1.82) is 0 Å². The zero-order valence-corrected chi connectivity index (χ0v) is 12.7. The first-order chi connectivity index (χ1) is 10.1. The van der Waals surface area contributed by atoms with Gasteiger partial charge in [-0.1, -0.05) is 49.3 Å². The molecule has 0 unspecified atom stereocenters. The molecule has 0 radical (unpaired) electrons. The van der Waals surface area contributed by atoms with Gasteiger partial charge in [-0.25, -0.2) is 0 Å². The van der Waals surface area contributed by atoms with E-state index in [-0.39, 0.29) is 5.56 Å². The largest absolute Gasteiger partial charge is 0.481 e. The molecule has 5 heteroatoms. The molecule has 2 aromatic rings. The second-order valence-electron chi connectivity index (χ2n) is 5.93. The van der Waals surface area contributed by atoms with Crippen molar-refractivity contribution < 1.29 is 9.90 Å². The van der Waals surface area contributed by atoms with Crippen molar-refractivity contribution in [2.24, 2.45) is 5.41 Å². The van der Waals surface area contributed by atoms with Gasteiger partial charge in [-0.2, -0.15) is 0 Å². The number of carboxylic acids is 1. The Labute approximate surface area is 127 Å². The summed E-state index contributed by atoms with van der Waals surface area (Å²) in [6.45, 7) is 0.306. The Morgan fingerprint density at radius 2 is 1.86 bits per heavy atom. The van der Waals surface area contributed by atoms with Crippen LogP contribution < -0.4 is 5.56 Å². The molecule has 0 spiro atoms. The SMILES string of the molecule is O=C(O)C1(Cn2sc3ccccc3c2=O)CCCCCC1. The molecule has 21 heavy (non-hydrogen) atoms. The standard InChI is InChI=1S/C16H19NO3S/c18-14-12-7-3-4-8-13(12)21-17(14)11-16(15(19)20)9-5-1-2-6-10-16/h3-4,7-8H,1-2,5-6,9-11H2,(H,19,20). The fourth-order valence-electron chi connectivity index (χ4n) is 3.24. The van der Waals surface area contributed by atoms with Gasteiger partial charge in [0.05, 0.1) is 22.0 Å². The molecular formula is C16H19NO3S. The molecule has 1 heterocycles. The van der Waals surface area contributed by atoms with Crippen molar-refractivity contribution in [2.45, 2.75) is 45.1 Å². The number of aromatic nitrogens is 1. The minimum Gasteiger partial charge on any atom is -0.481 e. The molecule has 1 N–H and O–H groups in total. The molecule has 0 atom stereocenters. The number of nitrogens with zero attached hydrogens (tertiary/aromatic N) is 1. The first-order valence-corrected chi connectivity index (χ1v) is 8.22. The Hall–Kier alpha value is -1.62. The van der Waals surface area contributed by atoms with Gasteiger partial charge in [0.15, 0.2) is 0 Å². The van der Waals surface area contributed by atoms with Gasteiger partial charge in [0.25, 0.3) is 5.56 Å². The van der Waals surface area contributed by atoms with E-state index in [1.165, 1.54) is 11.5 Å². The van der Waals surface area contributed by atoms with E-state index in [9.17, 15) is 14.7 Å². The van der Waals surface area contributed by atoms with Crippen LogP contribution in [0.2, 0.25) is 0 Å². The molecule has 1 aromatic heterocycles. The first kappa shape index (κ1) is 14.3. The summed E-state index contributed by atoms with van der Waals surface area (Å²) in [6, 6.07) is 7.48. The zero-order valence-electron chi connectivity index (χ0n) is 11.9. The monoisotopic (exact) mass is 305 g/mol. The maximum absolute atomic E-state index is 12.4. The Morgan fingerprint density at radius 1 is 1.19 bits per heavy atom. The average molecular weight is 305 g/mol. The van der Waals surface area contributed by atoms with Crippen LogP contribution in [-0.4, -0.2) is 15.0 Å². The maximum Gasteiger partial charge on any atom is 0.311 e. The van der Waals surface area contributed by atoms with E-state index in [2.05, 4.69) is 0 Å².